The van der Waals surface area contributed by atoms with Crippen LogP contribution in [0.15, 0.2) is 48.2 Å². The first-order chi connectivity index (χ1) is 9.26. The van der Waals surface area contributed by atoms with Gasteiger partial charge in [-0.3, -0.25) is 0 Å². The minimum atomic E-state index is -0.534. The first-order valence-corrected chi connectivity index (χ1v) is 6.31. The van der Waals surface area contributed by atoms with Gasteiger partial charge in [-0.25, -0.2) is 4.79 Å². The molecule has 0 saturated heterocycles. The number of esters is 1. The van der Waals surface area contributed by atoms with Gasteiger partial charge in [0.1, 0.15) is 6.07 Å². The van der Waals surface area contributed by atoms with Crippen LogP contribution in [0.3, 0.4) is 0 Å². The number of nitriles is 1. The summed E-state index contributed by atoms with van der Waals surface area (Å²) in [6, 6.07) is 11.3. The number of benzene rings is 1. The van der Waals surface area contributed by atoms with E-state index in [0.717, 1.165) is 24.8 Å². The van der Waals surface area contributed by atoms with Crippen molar-refractivity contribution in [2.75, 3.05) is 0 Å². The van der Waals surface area contributed by atoms with E-state index in [-0.39, 0.29) is 5.76 Å². The fraction of sp³-hybridized carbons (Fsp3) is 0.250. The number of ether oxygens (including phenoxy) is 1. The zero-order valence-electron chi connectivity index (χ0n) is 11.0. The maximum absolute atomic E-state index is 11.5. The van der Waals surface area contributed by atoms with Crippen molar-refractivity contribution in [2.24, 2.45) is 0 Å². The highest BCUT2D eigenvalue weighted by molar-refractivity contribution is 5.87. The lowest BCUT2D eigenvalue weighted by atomic mass is 10.2. The summed E-state index contributed by atoms with van der Waals surface area (Å²) in [7, 11) is 0. The van der Waals surface area contributed by atoms with E-state index in [1.807, 2.05) is 36.4 Å². The van der Waals surface area contributed by atoms with E-state index in [1.54, 1.807) is 12.2 Å². The molecule has 0 amide bonds. The summed E-state index contributed by atoms with van der Waals surface area (Å²) in [6.45, 7) is 2.06. The van der Waals surface area contributed by atoms with Gasteiger partial charge in [0.05, 0.1) is 0 Å². The molecule has 0 spiro atoms. The fourth-order valence-corrected chi connectivity index (χ4v) is 1.42. The molecule has 0 aromatic heterocycles. The van der Waals surface area contributed by atoms with Crippen molar-refractivity contribution >= 4 is 12.0 Å². The molecule has 0 heterocycles. The normalized spacial score (nSPS) is 11.3. The largest absolute Gasteiger partial charge is 0.412 e. The summed E-state index contributed by atoms with van der Waals surface area (Å²) in [6.07, 6.45) is 7.39. The van der Waals surface area contributed by atoms with Crippen LogP contribution in [0.4, 0.5) is 0 Å². The molecule has 0 aliphatic heterocycles. The molecule has 1 aromatic rings. The molecule has 0 fully saturated rings. The van der Waals surface area contributed by atoms with Gasteiger partial charge in [-0.1, -0.05) is 43.7 Å². The summed E-state index contributed by atoms with van der Waals surface area (Å²) in [5.74, 6) is -0.468. The van der Waals surface area contributed by atoms with Crippen LogP contribution in [0.5, 0.6) is 0 Å². The van der Waals surface area contributed by atoms with Crippen LogP contribution >= 0.6 is 0 Å². The number of hydrogen-bond acceptors (Lipinski definition) is 3. The average molecular weight is 255 g/mol. The Morgan fingerprint density at radius 3 is 2.74 bits per heavy atom. The minimum absolute atomic E-state index is 0.0659. The number of carbonyl (C=O) groups is 1. The molecular formula is C16H17NO2. The van der Waals surface area contributed by atoms with Crippen LogP contribution in [0, 0.1) is 11.3 Å². The summed E-state index contributed by atoms with van der Waals surface area (Å²) < 4.78 is 4.94. The maximum Gasteiger partial charge on any atom is 0.336 e. The highest BCUT2D eigenvalue weighted by atomic mass is 16.5. The second-order valence-electron chi connectivity index (χ2n) is 3.99. The van der Waals surface area contributed by atoms with Crippen LogP contribution in [0.2, 0.25) is 0 Å². The number of unbranched alkanes of at least 4 members (excludes halogenated alkanes) is 2. The predicted molar refractivity (Wildman–Crippen MR) is 74.8 cm³/mol. The number of allylic oxidation sites excluding steroid dienone is 2. The Labute approximate surface area is 113 Å². The second kappa shape index (κ2) is 8.71. The Morgan fingerprint density at radius 2 is 2.11 bits per heavy atom. The van der Waals surface area contributed by atoms with Crippen molar-refractivity contribution in [3.05, 3.63) is 53.8 Å². The van der Waals surface area contributed by atoms with E-state index >= 15 is 0 Å². The van der Waals surface area contributed by atoms with E-state index in [0.29, 0.717) is 0 Å². The molecule has 98 valence electrons. The molecule has 0 aliphatic carbocycles. The Kier molecular flexibility index (Phi) is 6.75. The van der Waals surface area contributed by atoms with Gasteiger partial charge >= 0.3 is 5.97 Å². The van der Waals surface area contributed by atoms with Crippen LogP contribution in [-0.4, -0.2) is 5.97 Å². The lowest BCUT2D eigenvalue weighted by Crippen LogP contribution is -1.99. The lowest BCUT2D eigenvalue weighted by molar-refractivity contribution is -0.133. The number of carbonyl (C=O) groups excluding carboxylic acids is 1. The molecule has 1 rings (SSSR count). The van der Waals surface area contributed by atoms with E-state index in [1.165, 1.54) is 6.08 Å². The van der Waals surface area contributed by atoms with Crippen molar-refractivity contribution in [1.82, 2.24) is 0 Å². The summed E-state index contributed by atoms with van der Waals surface area (Å²) >= 11 is 0. The molecular weight excluding hydrogens is 238 g/mol. The van der Waals surface area contributed by atoms with Gasteiger partial charge in [0.2, 0.25) is 5.76 Å². The SMILES string of the molecule is CCCCC=C(C#N)OC(=O)/C=C/c1ccccc1. The molecule has 0 radical (unpaired) electrons. The van der Waals surface area contributed by atoms with Crippen molar-refractivity contribution in [3.8, 4) is 6.07 Å². The minimum Gasteiger partial charge on any atom is -0.412 e. The highest BCUT2D eigenvalue weighted by Crippen LogP contribution is 2.05. The molecule has 3 nitrogen and oxygen atoms in total. The molecule has 0 N–H and O–H groups in total. The first kappa shape index (κ1) is 14.7. The van der Waals surface area contributed by atoms with Crippen molar-refractivity contribution in [1.29, 1.82) is 5.26 Å². The predicted octanol–water partition coefficient (Wildman–Crippen LogP) is 3.84. The van der Waals surface area contributed by atoms with Gasteiger partial charge in [0.15, 0.2) is 0 Å². The summed E-state index contributed by atoms with van der Waals surface area (Å²) in [5, 5.41) is 8.84. The Hall–Kier alpha value is -2.34. The van der Waals surface area contributed by atoms with Gasteiger partial charge < -0.3 is 4.74 Å². The molecule has 0 saturated carbocycles. The Bertz CT molecular complexity index is 495. The van der Waals surface area contributed by atoms with E-state index in [2.05, 4.69) is 6.92 Å². The zero-order valence-corrected chi connectivity index (χ0v) is 11.0. The Balaban J connectivity index is 2.52. The van der Waals surface area contributed by atoms with Gasteiger partial charge in [0, 0.05) is 6.08 Å². The average Bonchev–Trinajstić information content (AvgIpc) is 2.45. The zero-order chi connectivity index (χ0) is 13.9. The smallest absolute Gasteiger partial charge is 0.336 e. The third-order valence-electron chi connectivity index (χ3n) is 2.42. The van der Waals surface area contributed by atoms with Crippen LogP contribution in [0.25, 0.3) is 6.08 Å². The highest BCUT2D eigenvalue weighted by Gasteiger charge is 2.02. The van der Waals surface area contributed by atoms with Crippen molar-refractivity contribution in [3.63, 3.8) is 0 Å². The van der Waals surface area contributed by atoms with E-state index in [4.69, 9.17) is 10.00 Å². The van der Waals surface area contributed by atoms with Gasteiger partial charge in [0.25, 0.3) is 0 Å². The number of rotatable bonds is 6. The summed E-state index contributed by atoms with van der Waals surface area (Å²) in [4.78, 5) is 11.5. The maximum atomic E-state index is 11.5. The number of hydrogen-bond donors (Lipinski definition) is 0. The fourth-order valence-electron chi connectivity index (χ4n) is 1.42. The van der Waals surface area contributed by atoms with Crippen LogP contribution in [0.1, 0.15) is 31.7 Å². The molecule has 0 aliphatic rings. The summed E-state index contributed by atoms with van der Waals surface area (Å²) in [5.41, 5.74) is 0.910. The van der Waals surface area contributed by atoms with Crippen LogP contribution in [-0.2, 0) is 9.53 Å². The quantitative estimate of drug-likeness (QED) is 0.255. The topological polar surface area (TPSA) is 50.1 Å². The third-order valence-corrected chi connectivity index (χ3v) is 2.42. The molecule has 0 bridgehead atoms. The van der Waals surface area contributed by atoms with Gasteiger partial charge in [-0.2, -0.15) is 5.26 Å². The monoisotopic (exact) mass is 255 g/mol. The standard InChI is InChI=1S/C16H17NO2/c1-2-3-5-10-15(13-17)19-16(18)12-11-14-8-6-4-7-9-14/h4,6-12H,2-3,5H2,1H3/b12-11+,15-10?. The lowest BCUT2D eigenvalue weighted by Gasteiger charge is -1.98. The van der Waals surface area contributed by atoms with Gasteiger partial charge in [-0.15, -0.1) is 0 Å². The Morgan fingerprint density at radius 1 is 1.37 bits per heavy atom. The van der Waals surface area contributed by atoms with E-state index in [9.17, 15) is 4.79 Å². The molecule has 1 aromatic carbocycles. The van der Waals surface area contributed by atoms with Crippen molar-refractivity contribution in [2.45, 2.75) is 26.2 Å². The van der Waals surface area contributed by atoms with Crippen molar-refractivity contribution < 1.29 is 9.53 Å². The molecule has 0 unspecified atom stereocenters. The molecule has 19 heavy (non-hydrogen) atoms. The number of nitrogens with zero attached hydrogens (tertiary/aromatic N) is 1. The van der Waals surface area contributed by atoms with Gasteiger partial charge in [-0.05, 0) is 30.6 Å². The van der Waals surface area contributed by atoms with Crippen LogP contribution < -0.4 is 0 Å². The molecule has 0 atom stereocenters. The molecule has 3 heteroatoms. The second-order valence-corrected chi connectivity index (χ2v) is 3.99. The third kappa shape index (κ3) is 6.23. The van der Waals surface area contributed by atoms with E-state index < -0.39 is 5.97 Å². The first-order valence-electron chi connectivity index (χ1n) is 6.31.